The van der Waals surface area contributed by atoms with Crippen molar-refractivity contribution in [1.29, 1.82) is 0 Å². The summed E-state index contributed by atoms with van der Waals surface area (Å²) >= 11 is 0. The molecule has 0 radical (unpaired) electrons. The molecule has 5 rings (SSSR count). The van der Waals surface area contributed by atoms with Gasteiger partial charge in [0.2, 0.25) is 5.91 Å². The van der Waals surface area contributed by atoms with Gasteiger partial charge in [-0.2, -0.15) is 0 Å². The molecule has 1 fully saturated rings. The average molecular weight is 402 g/mol. The number of aromatic nitrogens is 2. The lowest BCUT2D eigenvalue weighted by molar-refractivity contribution is -0.383. The van der Waals surface area contributed by atoms with Crippen LogP contribution in [0.1, 0.15) is 45.0 Å². The van der Waals surface area contributed by atoms with Crippen LogP contribution < -0.4 is 5.32 Å². The third kappa shape index (κ3) is 2.07. The SMILES string of the molecule is CC12CCC(C(=O)Nc3ccccc3[N+](=O)[O-])(c3nc4ccccc4nc31)C2(C)C. The number of hydrogen-bond acceptors (Lipinski definition) is 5. The summed E-state index contributed by atoms with van der Waals surface area (Å²) < 4.78 is 0. The van der Waals surface area contributed by atoms with Gasteiger partial charge in [-0.3, -0.25) is 14.9 Å². The zero-order valence-electron chi connectivity index (χ0n) is 17.1. The molecule has 1 heterocycles. The molecule has 2 unspecified atom stereocenters. The number of fused-ring (bicyclic) bond motifs is 6. The van der Waals surface area contributed by atoms with E-state index >= 15 is 0 Å². The second-order valence-corrected chi connectivity index (χ2v) is 9.00. The van der Waals surface area contributed by atoms with Gasteiger partial charge in [0.25, 0.3) is 5.69 Å². The summed E-state index contributed by atoms with van der Waals surface area (Å²) in [4.78, 5) is 34.6. The van der Waals surface area contributed by atoms with E-state index in [1.165, 1.54) is 6.07 Å². The number of nitro benzene ring substituents is 1. The highest BCUT2D eigenvalue weighted by molar-refractivity contribution is 6.03. The molecule has 0 saturated heterocycles. The van der Waals surface area contributed by atoms with Crippen molar-refractivity contribution in [3.63, 3.8) is 0 Å². The van der Waals surface area contributed by atoms with E-state index < -0.39 is 15.8 Å². The highest BCUT2D eigenvalue weighted by Crippen LogP contribution is 2.70. The fourth-order valence-electron chi connectivity index (χ4n) is 5.52. The molecule has 0 spiro atoms. The molecule has 3 aromatic rings. The number of benzene rings is 2. The fourth-order valence-corrected chi connectivity index (χ4v) is 5.52. The van der Waals surface area contributed by atoms with E-state index in [2.05, 4.69) is 26.1 Å². The van der Waals surface area contributed by atoms with E-state index in [0.717, 1.165) is 23.1 Å². The Morgan fingerprint density at radius 3 is 2.23 bits per heavy atom. The third-order valence-corrected chi connectivity index (χ3v) is 7.68. The number of para-hydroxylation sites is 4. The van der Waals surface area contributed by atoms with E-state index in [9.17, 15) is 14.9 Å². The summed E-state index contributed by atoms with van der Waals surface area (Å²) in [6.07, 6.45) is 1.44. The normalized spacial score (nSPS) is 25.8. The quantitative estimate of drug-likeness (QED) is 0.513. The molecule has 7 heteroatoms. The topological polar surface area (TPSA) is 98.0 Å². The smallest absolute Gasteiger partial charge is 0.292 e. The Morgan fingerprint density at radius 1 is 0.967 bits per heavy atom. The first-order chi connectivity index (χ1) is 14.2. The number of nitro groups is 1. The largest absolute Gasteiger partial charge is 0.320 e. The van der Waals surface area contributed by atoms with E-state index in [1.807, 2.05) is 24.3 Å². The Labute approximate surface area is 173 Å². The first-order valence-electron chi connectivity index (χ1n) is 10.0. The van der Waals surface area contributed by atoms with Crippen LogP contribution >= 0.6 is 0 Å². The molecule has 152 valence electrons. The van der Waals surface area contributed by atoms with Crippen LogP contribution in [0.15, 0.2) is 48.5 Å². The number of amides is 1. The lowest BCUT2D eigenvalue weighted by Gasteiger charge is -2.39. The molecule has 2 atom stereocenters. The van der Waals surface area contributed by atoms with Crippen LogP contribution in [-0.2, 0) is 15.6 Å². The minimum atomic E-state index is -0.905. The van der Waals surface area contributed by atoms with Crippen LogP contribution in [0.25, 0.3) is 11.0 Å². The number of nitrogens with zero attached hydrogens (tertiary/aromatic N) is 3. The number of carbonyl (C=O) groups is 1. The molecule has 2 bridgehead atoms. The van der Waals surface area contributed by atoms with Crippen molar-refractivity contribution in [3.8, 4) is 0 Å². The van der Waals surface area contributed by atoms with Gasteiger partial charge < -0.3 is 5.32 Å². The van der Waals surface area contributed by atoms with Crippen molar-refractivity contribution < 1.29 is 9.72 Å². The highest BCUT2D eigenvalue weighted by Gasteiger charge is 2.73. The molecule has 1 amide bonds. The van der Waals surface area contributed by atoms with Gasteiger partial charge in [-0.15, -0.1) is 0 Å². The number of anilines is 1. The minimum Gasteiger partial charge on any atom is -0.320 e. The van der Waals surface area contributed by atoms with E-state index in [-0.39, 0.29) is 22.7 Å². The molecule has 2 aromatic carbocycles. The van der Waals surface area contributed by atoms with Crippen LogP contribution in [0.2, 0.25) is 0 Å². The van der Waals surface area contributed by atoms with E-state index in [1.54, 1.807) is 18.2 Å². The van der Waals surface area contributed by atoms with Crippen molar-refractivity contribution in [2.75, 3.05) is 5.32 Å². The van der Waals surface area contributed by atoms with E-state index in [4.69, 9.17) is 9.97 Å². The summed E-state index contributed by atoms with van der Waals surface area (Å²) in [7, 11) is 0. The van der Waals surface area contributed by atoms with Crippen LogP contribution in [0.3, 0.4) is 0 Å². The molecule has 1 N–H and O–H groups in total. The number of hydrogen-bond donors (Lipinski definition) is 1. The lowest BCUT2D eigenvalue weighted by Crippen LogP contribution is -2.48. The summed E-state index contributed by atoms with van der Waals surface area (Å²) in [5.41, 5.74) is 1.56. The van der Waals surface area contributed by atoms with Gasteiger partial charge in [-0.1, -0.05) is 45.0 Å². The molecular weight excluding hydrogens is 380 g/mol. The molecular formula is C23H22N4O3. The molecule has 7 nitrogen and oxygen atoms in total. The Morgan fingerprint density at radius 2 is 1.57 bits per heavy atom. The highest BCUT2D eigenvalue weighted by atomic mass is 16.6. The Kier molecular flexibility index (Phi) is 3.63. The standard InChI is InChI=1S/C23H22N4O3/c1-21(2)22(3)12-13-23(21,19-18(22)24-14-8-4-5-9-15(14)25-19)20(28)26-16-10-6-7-11-17(16)27(29)30/h4-11H,12-13H2,1-3H3,(H,26,28). The van der Waals surface area contributed by atoms with Gasteiger partial charge >= 0.3 is 0 Å². The first kappa shape index (κ1) is 18.7. The minimum absolute atomic E-state index is 0.122. The predicted octanol–water partition coefficient (Wildman–Crippen LogP) is 4.51. The van der Waals surface area contributed by atoms with Crippen LogP contribution in [0.5, 0.6) is 0 Å². The first-order valence-corrected chi connectivity index (χ1v) is 10.0. The molecule has 1 saturated carbocycles. The van der Waals surface area contributed by atoms with Crippen molar-refractivity contribution in [2.24, 2.45) is 5.41 Å². The van der Waals surface area contributed by atoms with Crippen LogP contribution in [0, 0.1) is 15.5 Å². The number of rotatable bonds is 3. The molecule has 0 aliphatic heterocycles. The van der Waals surface area contributed by atoms with Gasteiger partial charge in [0, 0.05) is 11.5 Å². The van der Waals surface area contributed by atoms with Gasteiger partial charge in [0.1, 0.15) is 5.69 Å². The monoisotopic (exact) mass is 402 g/mol. The Balaban J connectivity index is 1.69. The zero-order chi connectivity index (χ0) is 21.3. The molecule has 1 aromatic heterocycles. The summed E-state index contributed by atoms with van der Waals surface area (Å²) in [6, 6.07) is 13.9. The van der Waals surface area contributed by atoms with Crippen LogP contribution in [0.4, 0.5) is 11.4 Å². The third-order valence-electron chi connectivity index (χ3n) is 7.68. The lowest BCUT2D eigenvalue weighted by atomic mass is 9.63. The molecule has 2 aliphatic rings. The second kappa shape index (κ2) is 5.84. The van der Waals surface area contributed by atoms with E-state index in [0.29, 0.717) is 12.1 Å². The maximum atomic E-state index is 13.8. The van der Waals surface area contributed by atoms with Crippen molar-refractivity contribution in [2.45, 2.75) is 44.4 Å². The van der Waals surface area contributed by atoms with Crippen molar-refractivity contribution >= 4 is 28.3 Å². The zero-order valence-corrected chi connectivity index (χ0v) is 17.1. The summed E-state index contributed by atoms with van der Waals surface area (Å²) in [5, 5.41) is 14.3. The average Bonchev–Trinajstić information content (AvgIpc) is 3.02. The maximum Gasteiger partial charge on any atom is 0.292 e. The predicted molar refractivity (Wildman–Crippen MR) is 113 cm³/mol. The maximum absolute atomic E-state index is 13.8. The van der Waals surface area contributed by atoms with Crippen molar-refractivity contribution in [3.05, 3.63) is 70.0 Å². The van der Waals surface area contributed by atoms with Gasteiger partial charge in [0.15, 0.2) is 0 Å². The number of nitrogens with one attached hydrogen (secondary N) is 1. The van der Waals surface area contributed by atoms with Gasteiger partial charge in [-0.05, 0) is 36.5 Å². The van der Waals surface area contributed by atoms with Crippen LogP contribution in [-0.4, -0.2) is 20.8 Å². The summed E-state index contributed by atoms with van der Waals surface area (Å²) in [5.74, 6) is -0.256. The Hall–Kier alpha value is -3.35. The van der Waals surface area contributed by atoms with Gasteiger partial charge in [-0.25, -0.2) is 9.97 Å². The Bertz CT molecular complexity index is 1240. The fraction of sp³-hybridized carbons (Fsp3) is 0.348. The second-order valence-electron chi connectivity index (χ2n) is 9.00. The molecule has 30 heavy (non-hydrogen) atoms. The van der Waals surface area contributed by atoms with Crippen molar-refractivity contribution in [1.82, 2.24) is 9.97 Å². The van der Waals surface area contributed by atoms with Gasteiger partial charge in [0.05, 0.1) is 32.8 Å². The molecule has 2 aliphatic carbocycles. The number of carbonyl (C=O) groups excluding carboxylic acids is 1. The summed E-state index contributed by atoms with van der Waals surface area (Å²) in [6.45, 7) is 6.34.